The lowest BCUT2D eigenvalue weighted by atomic mass is 10.0. The molecule has 3 rings (SSSR count). The number of fused-ring (bicyclic) bond motifs is 2. The molecule has 3 aromatic rings. The van der Waals surface area contributed by atoms with Gasteiger partial charge >= 0.3 is 6.16 Å². The molecule has 0 amide bonds. The number of carbonyl (C=O) groups is 1. The SMILES string of the molecule is CCCCCCCCCCOC(=O)Oc1c2ccccc2cc2ccccc12. The summed E-state index contributed by atoms with van der Waals surface area (Å²) in [6.45, 7) is 2.65. The highest BCUT2D eigenvalue weighted by Gasteiger charge is 2.13. The minimum absolute atomic E-state index is 0.413. The van der Waals surface area contributed by atoms with E-state index in [0.717, 1.165) is 34.4 Å². The summed E-state index contributed by atoms with van der Waals surface area (Å²) in [6.07, 6.45) is 9.09. The molecule has 0 aliphatic carbocycles. The molecule has 3 heteroatoms. The fourth-order valence-corrected chi connectivity index (χ4v) is 3.59. The predicted octanol–water partition coefficient (Wildman–Crippen LogP) is 7.65. The molecule has 0 saturated heterocycles. The van der Waals surface area contributed by atoms with Gasteiger partial charge in [0.2, 0.25) is 0 Å². The van der Waals surface area contributed by atoms with Gasteiger partial charge in [-0.15, -0.1) is 0 Å². The van der Waals surface area contributed by atoms with E-state index in [0.29, 0.717) is 12.4 Å². The largest absolute Gasteiger partial charge is 0.513 e. The van der Waals surface area contributed by atoms with Crippen molar-refractivity contribution in [2.24, 2.45) is 0 Å². The Morgan fingerprint density at radius 1 is 0.750 bits per heavy atom. The standard InChI is InChI=1S/C25H30O3/c1-2-3-4-5-6-7-8-13-18-27-25(26)28-24-22-16-11-9-14-20(22)19-21-15-10-12-17-23(21)24/h9-12,14-17,19H,2-8,13,18H2,1H3. The van der Waals surface area contributed by atoms with Gasteiger partial charge in [-0.1, -0.05) is 100 Å². The normalized spacial score (nSPS) is 11.0. The number of carbonyl (C=O) groups excluding carboxylic acids is 1. The minimum Gasteiger partial charge on any atom is -0.434 e. The third kappa shape index (κ3) is 5.48. The van der Waals surface area contributed by atoms with Gasteiger partial charge < -0.3 is 9.47 Å². The first-order valence-corrected chi connectivity index (χ1v) is 10.5. The summed E-state index contributed by atoms with van der Waals surface area (Å²) >= 11 is 0. The summed E-state index contributed by atoms with van der Waals surface area (Å²) in [6, 6.07) is 18.0. The lowest BCUT2D eigenvalue weighted by Crippen LogP contribution is -2.12. The van der Waals surface area contributed by atoms with Crippen LogP contribution in [0.3, 0.4) is 0 Å². The van der Waals surface area contributed by atoms with Crippen molar-refractivity contribution in [3.8, 4) is 5.75 Å². The Bertz CT molecular complexity index is 847. The van der Waals surface area contributed by atoms with Crippen molar-refractivity contribution in [1.29, 1.82) is 0 Å². The van der Waals surface area contributed by atoms with Crippen LogP contribution in [-0.4, -0.2) is 12.8 Å². The quantitative estimate of drug-likeness (QED) is 0.157. The lowest BCUT2D eigenvalue weighted by Gasteiger charge is -2.12. The number of hydrogen-bond donors (Lipinski definition) is 0. The van der Waals surface area contributed by atoms with E-state index in [2.05, 4.69) is 13.0 Å². The molecule has 0 saturated carbocycles. The molecule has 0 aliphatic heterocycles. The zero-order valence-corrected chi connectivity index (χ0v) is 16.8. The molecule has 0 spiro atoms. The third-order valence-electron chi connectivity index (χ3n) is 5.13. The molecule has 0 radical (unpaired) electrons. The van der Waals surface area contributed by atoms with Crippen LogP contribution >= 0.6 is 0 Å². The predicted molar refractivity (Wildman–Crippen MR) is 116 cm³/mol. The Balaban J connectivity index is 1.53. The van der Waals surface area contributed by atoms with Crippen LogP contribution in [0.2, 0.25) is 0 Å². The van der Waals surface area contributed by atoms with Gasteiger partial charge in [0.05, 0.1) is 6.61 Å². The summed E-state index contributed by atoms with van der Waals surface area (Å²) in [5.74, 6) is 0.578. The fourth-order valence-electron chi connectivity index (χ4n) is 3.59. The molecule has 0 aromatic heterocycles. The zero-order valence-electron chi connectivity index (χ0n) is 16.8. The molecule has 148 valence electrons. The van der Waals surface area contributed by atoms with Crippen LogP contribution in [0.4, 0.5) is 4.79 Å². The van der Waals surface area contributed by atoms with Crippen LogP contribution in [0.15, 0.2) is 54.6 Å². The minimum atomic E-state index is -0.621. The van der Waals surface area contributed by atoms with Gasteiger partial charge in [0.15, 0.2) is 0 Å². The van der Waals surface area contributed by atoms with E-state index in [4.69, 9.17) is 9.47 Å². The smallest absolute Gasteiger partial charge is 0.434 e. The van der Waals surface area contributed by atoms with Crippen molar-refractivity contribution in [2.75, 3.05) is 6.61 Å². The molecule has 3 aromatic carbocycles. The van der Waals surface area contributed by atoms with Crippen molar-refractivity contribution in [3.63, 3.8) is 0 Å². The molecule has 3 nitrogen and oxygen atoms in total. The molecular weight excluding hydrogens is 348 g/mol. The Morgan fingerprint density at radius 2 is 1.29 bits per heavy atom. The molecule has 0 fully saturated rings. The van der Waals surface area contributed by atoms with Crippen LogP contribution in [0.5, 0.6) is 5.75 Å². The van der Waals surface area contributed by atoms with Gasteiger partial charge in [0.25, 0.3) is 0 Å². The topological polar surface area (TPSA) is 35.5 Å². The molecule has 0 heterocycles. The number of rotatable bonds is 10. The van der Waals surface area contributed by atoms with E-state index in [9.17, 15) is 4.79 Å². The fraction of sp³-hybridized carbons (Fsp3) is 0.400. The van der Waals surface area contributed by atoms with E-state index in [1.807, 2.05) is 48.5 Å². The van der Waals surface area contributed by atoms with Crippen LogP contribution < -0.4 is 4.74 Å². The molecular formula is C25H30O3. The highest BCUT2D eigenvalue weighted by atomic mass is 16.7. The molecule has 0 aliphatic rings. The molecule has 0 atom stereocenters. The van der Waals surface area contributed by atoms with Gasteiger partial charge in [-0.3, -0.25) is 0 Å². The van der Waals surface area contributed by atoms with Crippen molar-refractivity contribution < 1.29 is 14.3 Å². The van der Waals surface area contributed by atoms with E-state index < -0.39 is 6.16 Å². The van der Waals surface area contributed by atoms with E-state index in [1.54, 1.807) is 0 Å². The summed E-state index contributed by atoms with van der Waals surface area (Å²) in [4.78, 5) is 12.3. The van der Waals surface area contributed by atoms with Gasteiger partial charge in [-0.2, -0.15) is 0 Å². The average Bonchev–Trinajstić information content (AvgIpc) is 2.72. The molecule has 28 heavy (non-hydrogen) atoms. The highest BCUT2D eigenvalue weighted by molar-refractivity contribution is 6.06. The van der Waals surface area contributed by atoms with Gasteiger partial charge in [0.1, 0.15) is 5.75 Å². The number of hydrogen-bond acceptors (Lipinski definition) is 3. The second-order valence-electron chi connectivity index (χ2n) is 7.32. The van der Waals surface area contributed by atoms with Gasteiger partial charge in [0, 0.05) is 10.8 Å². The maximum Gasteiger partial charge on any atom is 0.513 e. The van der Waals surface area contributed by atoms with Gasteiger partial charge in [-0.05, 0) is 23.3 Å². The van der Waals surface area contributed by atoms with Crippen LogP contribution in [0.25, 0.3) is 21.5 Å². The monoisotopic (exact) mass is 378 g/mol. The highest BCUT2D eigenvalue weighted by Crippen LogP contribution is 2.35. The first-order valence-electron chi connectivity index (χ1n) is 10.5. The second kappa shape index (κ2) is 10.7. The van der Waals surface area contributed by atoms with E-state index in [1.165, 1.54) is 38.5 Å². The Morgan fingerprint density at radius 3 is 1.89 bits per heavy atom. The lowest BCUT2D eigenvalue weighted by molar-refractivity contribution is 0.0982. The van der Waals surface area contributed by atoms with E-state index in [-0.39, 0.29) is 0 Å². The van der Waals surface area contributed by atoms with Gasteiger partial charge in [-0.25, -0.2) is 4.79 Å². The molecule has 0 N–H and O–H groups in total. The first-order chi connectivity index (χ1) is 13.8. The van der Waals surface area contributed by atoms with Crippen LogP contribution in [0.1, 0.15) is 58.3 Å². The summed E-state index contributed by atoms with van der Waals surface area (Å²) in [7, 11) is 0. The van der Waals surface area contributed by atoms with Crippen molar-refractivity contribution in [3.05, 3.63) is 54.6 Å². The number of benzene rings is 3. The average molecular weight is 379 g/mol. The van der Waals surface area contributed by atoms with Crippen molar-refractivity contribution >= 4 is 27.7 Å². The number of unbranched alkanes of at least 4 members (excludes halogenated alkanes) is 7. The summed E-state index contributed by atoms with van der Waals surface area (Å²) in [5.41, 5.74) is 0. The molecule has 0 unspecified atom stereocenters. The Hall–Kier alpha value is -2.55. The van der Waals surface area contributed by atoms with E-state index >= 15 is 0 Å². The Labute approximate surface area is 167 Å². The maximum absolute atomic E-state index is 12.3. The summed E-state index contributed by atoms with van der Waals surface area (Å²) in [5, 5.41) is 3.94. The third-order valence-corrected chi connectivity index (χ3v) is 5.13. The van der Waals surface area contributed by atoms with Crippen molar-refractivity contribution in [2.45, 2.75) is 58.3 Å². The number of ether oxygens (including phenoxy) is 2. The Kier molecular flexibility index (Phi) is 7.71. The second-order valence-corrected chi connectivity index (χ2v) is 7.32. The summed E-state index contributed by atoms with van der Waals surface area (Å²) < 4.78 is 11.0. The van der Waals surface area contributed by atoms with Crippen LogP contribution in [-0.2, 0) is 4.74 Å². The van der Waals surface area contributed by atoms with Crippen LogP contribution in [0, 0.1) is 0 Å². The molecule has 0 bridgehead atoms. The zero-order chi connectivity index (χ0) is 19.6. The van der Waals surface area contributed by atoms with Crippen molar-refractivity contribution in [1.82, 2.24) is 0 Å². The first kappa shape index (κ1) is 20.2. The maximum atomic E-state index is 12.3.